The summed E-state index contributed by atoms with van der Waals surface area (Å²) in [6.45, 7) is 3.73. The normalized spacial score (nSPS) is 11.9. The van der Waals surface area contributed by atoms with Gasteiger partial charge < -0.3 is 10.6 Å². The first-order valence-corrected chi connectivity index (χ1v) is 10.8. The van der Waals surface area contributed by atoms with Crippen molar-refractivity contribution in [1.82, 2.24) is 15.6 Å². The van der Waals surface area contributed by atoms with E-state index < -0.39 is 10.0 Å². The molecule has 7 nitrogen and oxygen atoms in total. The van der Waals surface area contributed by atoms with Gasteiger partial charge in [-0.15, -0.1) is 0 Å². The fraction of sp³-hybridized carbons (Fsp3) is 0.333. The molecule has 0 fully saturated rings. The number of benzene rings is 1. The molecule has 3 N–H and O–H groups in total. The summed E-state index contributed by atoms with van der Waals surface area (Å²) in [5, 5.41) is 6.92. The predicted molar refractivity (Wildman–Crippen MR) is 111 cm³/mol. The van der Waals surface area contributed by atoms with Crippen molar-refractivity contribution in [2.45, 2.75) is 19.9 Å². The van der Waals surface area contributed by atoms with Crippen LogP contribution in [0, 0.1) is 0 Å². The molecule has 0 atom stereocenters. The van der Waals surface area contributed by atoms with E-state index in [9.17, 15) is 8.42 Å². The number of para-hydroxylation sites is 1. The van der Waals surface area contributed by atoms with Crippen molar-refractivity contribution in [3.8, 4) is 0 Å². The topological polar surface area (TPSA) is 95.5 Å². The Morgan fingerprint density at radius 1 is 1.19 bits per heavy atom. The SMILES string of the molecule is CCNC(=NCc1ccccc1NS(C)(=O)=O)NCCc1ccc(Cl)nc1. The van der Waals surface area contributed by atoms with Crippen molar-refractivity contribution in [3.05, 3.63) is 58.9 Å². The summed E-state index contributed by atoms with van der Waals surface area (Å²) < 4.78 is 25.5. The van der Waals surface area contributed by atoms with Crippen LogP contribution in [-0.2, 0) is 23.0 Å². The molecule has 9 heteroatoms. The Kier molecular flexibility index (Phi) is 7.87. The minimum Gasteiger partial charge on any atom is -0.357 e. The lowest BCUT2D eigenvalue weighted by Gasteiger charge is -2.13. The molecule has 0 aliphatic carbocycles. The molecule has 1 aromatic carbocycles. The summed E-state index contributed by atoms with van der Waals surface area (Å²) in [5.74, 6) is 0.661. The maximum atomic E-state index is 11.5. The van der Waals surface area contributed by atoms with E-state index in [-0.39, 0.29) is 0 Å². The summed E-state index contributed by atoms with van der Waals surface area (Å²) in [4.78, 5) is 8.61. The van der Waals surface area contributed by atoms with Crippen LogP contribution in [0.15, 0.2) is 47.6 Å². The Labute approximate surface area is 165 Å². The summed E-state index contributed by atoms with van der Waals surface area (Å²) in [6.07, 6.45) is 3.66. The lowest BCUT2D eigenvalue weighted by molar-refractivity contribution is 0.606. The van der Waals surface area contributed by atoms with E-state index in [2.05, 4.69) is 25.3 Å². The molecule has 0 amide bonds. The maximum Gasteiger partial charge on any atom is 0.229 e. The van der Waals surface area contributed by atoms with Gasteiger partial charge in [0.25, 0.3) is 0 Å². The van der Waals surface area contributed by atoms with Gasteiger partial charge >= 0.3 is 0 Å². The van der Waals surface area contributed by atoms with E-state index in [1.807, 2.05) is 25.1 Å². The highest BCUT2D eigenvalue weighted by atomic mass is 35.5. The van der Waals surface area contributed by atoms with Crippen LogP contribution in [0.2, 0.25) is 5.15 Å². The molecule has 0 bridgehead atoms. The lowest BCUT2D eigenvalue weighted by atomic mass is 10.2. The van der Waals surface area contributed by atoms with Crippen molar-refractivity contribution < 1.29 is 8.42 Å². The standard InChI is InChI=1S/C18H24ClN5O2S/c1-3-20-18(21-11-10-14-8-9-17(19)22-12-14)23-13-15-6-4-5-7-16(15)24-27(2,25)26/h4-9,12,24H,3,10-11,13H2,1-2H3,(H2,20,21,23). The number of guanidine groups is 1. The third-order valence-electron chi connectivity index (χ3n) is 3.56. The van der Waals surface area contributed by atoms with Crippen LogP contribution in [0.5, 0.6) is 0 Å². The number of nitrogens with one attached hydrogen (secondary N) is 3. The van der Waals surface area contributed by atoms with Gasteiger partial charge in [-0.2, -0.15) is 0 Å². The maximum absolute atomic E-state index is 11.5. The van der Waals surface area contributed by atoms with Gasteiger partial charge in [-0.25, -0.2) is 18.4 Å². The average molecular weight is 410 g/mol. The van der Waals surface area contributed by atoms with Crippen molar-refractivity contribution in [2.24, 2.45) is 4.99 Å². The van der Waals surface area contributed by atoms with Gasteiger partial charge in [0.2, 0.25) is 10.0 Å². The molecule has 27 heavy (non-hydrogen) atoms. The summed E-state index contributed by atoms with van der Waals surface area (Å²) >= 11 is 5.79. The molecule has 0 unspecified atom stereocenters. The van der Waals surface area contributed by atoms with E-state index in [1.165, 1.54) is 0 Å². The number of aromatic nitrogens is 1. The zero-order chi connectivity index (χ0) is 19.7. The Bertz CT molecular complexity index is 870. The molecular formula is C18H24ClN5O2S. The first-order chi connectivity index (χ1) is 12.9. The van der Waals surface area contributed by atoms with Crippen LogP contribution in [0.3, 0.4) is 0 Å². The molecule has 0 radical (unpaired) electrons. The highest BCUT2D eigenvalue weighted by Crippen LogP contribution is 2.17. The fourth-order valence-corrected chi connectivity index (χ4v) is 3.05. The van der Waals surface area contributed by atoms with E-state index in [0.717, 1.165) is 30.3 Å². The van der Waals surface area contributed by atoms with Crippen molar-refractivity contribution in [1.29, 1.82) is 0 Å². The van der Waals surface area contributed by atoms with Crippen molar-refractivity contribution in [3.63, 3.8) is 0 Å². The largest absolute Gasteiger partial charge is 0.357 e. The quantitative estimate of drug-likeness (QED) is 0.353. The van der Waals surface area contributed by atoms with Gasteiger partial charge in [0.1, 0.15) is 5.15 Å². The number of hydrogen-bond donors (Lipinski definition) is 3. The number of sulfonamides is 1. The Hall–Kier alpha value is -2.32. The molecule has 2 rings (SSSR count). The zero-order valence-electron chi connectivity index (χ0n) is 15.4. The van der Waals surface area contributed by atoms with Crippen LogP contribution in [0.4, 0.5) is 5.69 Å². The Balaban J connectivity index is 1.99. The fourth-order valence-electron chi connectivity index (χ4n) is 2.34. The molecule has 1 aromatic heterocycles. The number of anilines is 1. The number of pyridine rings is 1. The molecule has 2 aromatic rings. The zero-order valence-corrected chi connectivity index (χ0v) is 16.9. The molecule has 0 aliphatic heterocycles. The second-order valence-corrected chi connectivity index (χ2v) is 8.03. The number of rotatable bonds is 8. The van der Waals surface area contributed by atoms with E-state index in [1.54, 1.807) is 24.4 Å². The molecule has 1 heterocycles. The number of nitrogens with zero attached hydrogens (tertiary/aromatic N) is 2. The van der Waals surface area contributed by atoms with Gasteiger partial charge in [0, 0.05) is 19.3 Å². The van der Waals surface area contributed by atoms with E-state index in [4.69, 9.17) is 11.6 Å². The van der Waals surface area contributed by atoms with Crippen LogP contribution in [-0.4, -0.2) is 38.7 Å². The highest BCUT2D eigenvalue weighted by molar-refractivity contribution is 7.92. The Morgan fingerprint density at radius 2 is 1.96 bits per heavy atom. The minimum absolute atomic E-state index is 0.344. The van der Waals surface area contributed by atoms with Crippen molar-refractivity contribution in [2.75, 3.05) is 24.1 Å². The van der Waals surface area contributed by atoms with Crippen LogP contribution in [0.25, 0.3) is 0 Å². The van der Waals surface area contributed by atoms with Crippen LogP contribution in [0.1, 0.15) is 18.1 Å². The third kappa shape index (κ3) is 7.84. The monoisotopic (exact) mass is 409 g/mol. The average Bonchev–Trinajstić information content (AvgIpc) is 2.61. The second-order valence-electron chi connectivity index (χ2n) is 5.89. The molecule has 0 spiro atoms. The van der Waals surface area contributed by atoms with Gasteiger partial charge in [-0.3, -0.25) is 4.72 Å². The van der Waals surface area contributed by atoms with Gasteiger partial charge in [0.15, 0.2) is 5.96 Å². The predicted octanol–water partition coefficient (Wildman–Crippen LogP) is 2.40. The molecular weight excluding hydrogens is 386 g/mol. The first kappa shape index (κ1) is 21.0. The van der Waals surface area contributed by atoms with Crippen LogP contribution < -0.4 is 15.4 Å². The lowest BCUT2D eigenvalue weighted by Crippen LogP contribution is -2.38. The van der Waals surface area contributed by atoms with Gasteiger partial charge in [0.05, 0.1) is 18.5 Å². The molecule has 0 saturated carbocycles. The Morgan fingerprint density at radius 3 is 2.63 bits per heavy atom. The molecule has 146 valence electrons. The second kappa shape index (κ2) is 10.1. The highest BCUT2D eigenvalue weighted by Gasteiger charge is 2.07. The smallest absolute Gasteiger partial charge is 0.229 e. The number of hydrogen-bond acceptors (Lipinski definition) is 4. The van der Waals surface area contributed by atoms with E-state index in [0.29, 0.717) is 29.9 Å². The molecule has 0 saturated heterocycles. The third-order valence-corrected chi connectivity index (χ3v) is 4.37. The number of aliphatic imine (C=N–C) groups is 1. The van der Waals surface area contributed by atoms with E-state index >= 15 is 0 Å². The summed E-state index contributed by atoms with van der Waals surface area (Å²) in [5.41, 5.74) is 2.40. The van der Waals surface area contributed by atoms with Gasteiger partial charge in [-0.1, -0.05) is 35.9 Å². The summed E-state index contributed by atoms with van der Waals surface area (Å²) in [7, 11) is -3.34. The first-order valence-electron chi connectivity index (χ1n) is 8.55. The number of halogens is 1. The minimum atomic E-state index is -3.34. The molecule has 0 aliphatic rings. The summed E-state index contributed by atoms with van der Waals surface area (Å²) in [6, 6.07) is 10.9. The van der Waals surface area contributed by atoms with Crippen molar-refractivity contribution >= 4 is 33.3 Å². The van der Waals surface area contributed by atoms with Gasteiger partial charge in [-0.05, 0) is 36.6 Å². The van der Waals surface area contributed by atoms with Crippen LogP contribution >= 0.6 is 11.6 Å².